The van der Waals surface area contributed by atoms with Gasteiger partial charge >= 0.3 is 5.97 Å². The molecule has 2 N–H and O–H groups in total. The Morgan fingerprint density at radius 2 is 2.02 bits per heavy atom. The summed E-state index contributed by atoms with van der Waals surface area (Å²) in [5.41, 5.74) is 1.54. The summed E-state index contributed by atoms with van der Waals surface area (Å²) in [6.07, 6.45) is 9.43. The fraction of sp³-hybridized carbons (Fsp3) is 0.515. The highest BCUT2D eigenvalue weighted by Crippen LogP contribution is 2.69. The molecule has 44 heavy (non-hydrogen) atoms. The molecule has 7 rings (SSSR count). The molecular formula is C33H36FN3O6S. The number of carbonyl (C=O) groups is 2. The third kappa shape index (κ3) is 4.26. The molecule has 7 atom stereocenters. The predicted molar refractivity (Wildman–Crippen MR) is 160 cm³/mol. The summed E-state index contributed by atoms with van der Waals surface area (Å²) in [4.78, 5) is 31.1. The van der Waals surface area contributed by atoms with Gasteiger partial charge in [0.2, 0.25) is 5.12 Å². The number of fused-ring (bicyclic) bond motifs is 6. The van der Waals surface area contributed by atoms with Crippen molar-refractivity contribution in [1.82, 2.24) is 14.8 Å². The Hall–Kier alpha value is -3.28. The van der Waals surface area contributed by atoms with Crippen LogP contribution in [0.15, 0.2) is 53.1 Å². The number of aliphatic hydroxyl groups excluding tert-OH is 2. The van der Waals surface area contributed by atoms with Gasteiger partial charge in [-0.25, -0.2) is 18.9 Å². The van der Waals surface area contributed by atoms with E-state index in [2.05, 4.69) is 23.1 Å². The molecule has 0 bridgehead atoms. The van der Waals surface area contributed by atoms with Crippen LogP contribution in [-0.2, 0) is 16.0 Å². The number of ether oxygens (including phenoxy) is 1. The minimum absolute atomic E-state index is 0.00947. The average Bonchev–Trinajstić information content (AvgIpc) is 3.73. The van der Waals surface area contributed by atoms with Crippen LogP contribution in [0.1, 0.15) is 67.7 Å². The third-order valence-corrected chi connectivity index (χ3v) is 12.2. The van der Waals surface area contributed by atoms with Crippen molar-refractivity contribution < 1.29 is 33.3 Å². The number of thioether (sulfide) groups is 1. The molecule has 0 saturated heterocycles. The SMILES string of the molecule is C[C@]12Cc3cnn(-c4ccc(F)cc4)c3C=C1CC[C@@H]1C2[C@@H](O)C[C@@]2(C)C1CC[C@]2(OC(=O)c1cocn1)C(=O)SCCO. The monoisotopic (exact) mass is 621 g/mol. The third-order valence-electron chi connectivity index (χ3n) is 11.2. The molecule has 1 aromatic carbocycles. The highest BCUT2D eigenvalue weighted by molar-refractivity contribution is 8.13. The minimum atomic E-state index is -1.47. The van der Waals surface area contributed by atoms with E-state index in [1.165, 1.54) is 24.0 Å². The molecule has 0 spiro atoms. The Labute approximate surface area is 258 Å². The van der Waals surface area contributed by atoms with Crippen LogP contribution in [0.3, 0.4) is 0 Å². The largest absolute Gasteiger partial charge is 0.451 e. The molecule has 2 heterocycles. The Morgan fingerprint density at radius 1 is 1.23 bits per heavy atom. The normalized spacial score (nSPS) is 33.9. The molecule has 0 radical (unpaired) electrons. The smallest absolute Gasteiger partial charge is 0.361 e. The van der Waals surface area contributed by atoms with Crippen LogP contribution in [0.5, 0.6) is 0 Å². The van der Waals surface area contributed by atoms with E-state index < -0.39 is 23.1 Å². The summed E-state index contributed by atoms with van der Waals surface area (Å²) < 4.78 is 26.6. The van der Waals surface area contributed by atoms with Crippen LogP contribution in [0.2, 0.25) is 0 Å². The number of halogens is 1. The Bertz CT molecular complexity index is 1620. The minimum Gasteiger partial charge on any atom is -0.451 e. The standard InChI is InChI=1S/C33H36FN3O6S/c1-31-14-19-16-36-37(22-6-4-21(34)5-7-22)26(19)13-20(31)3-8-23-24-9-10-33(30(41)44-12-11-38,32(24,2)15-27(39)28(23)31)43-29(40)25-17-42-18-35-25/h4-7,13,16-18,23-24,27-28,38-39H,3,8-12,14-15H2,1-2H3/t23-,24?,27-,28?,31-,32-,33-/m0/s1. The van der Waals surface area contributed by atoms with Crippen molar-refractivity contribution in [1.29, 1.82) is 0 Å². The van der Waals surface area contributed by atoms with Gasteiger partial charge in [-0.05, 0) is 97.6 Å². The van der Waals surface area contributed by atoms with Crippen molar-refractivity contribution in [2.75, 3.05) is 12.4 Å². The van der Waals surface area contributed by atoms with Crippen molar-refractivity contribution in [3.8, 4) is 5.69 Å². The topological polar surface area (TPSA) is 128 Å². The van der Waals surface area contributed by atoms with Gasteiger partial charge in [0.05, 0.1) is 30.3 Å². The van der Waals surface area contributed by atoms with E-state index in [9.17, 15) is 24.2 Å². The van der Waals surface area contributed by atoms with Gasteiger partial charge in [0, 0.05) is 11.2 Å². The zero-order valence-corrected chi connectivity index (χ0v) is 25.6. The highest BCUT2D eigenvalue weighted by atomic mass is 32.2. The van der Waals surface area contributed by atoms with Gasteiger partial charge in [-0.15, -0.1) is 0 Å². The Balaban J connectivity index is 1.22. The Morgan fingerprint density at radius 3 is 2.75 bits per heavy atom. The van der Waals surface area contributed by atoms with Crippen molar-refractivity contribution >= 4 is 28.9 Å². The molecule has 0 amide bonds. The molecule has 232 valence electrons. The lowest BCUT2D eigenvalue weighted by Gasteiger charge is -2.60. The second-order valence-electron chi connectivity index (χ2n) is 13.2. The van der Waals surface area contributed by atoms with Gasteiger partial charge in [-0.2, -0.15) is 5.10 Å². The van der Waals surface area contributed by atoms with Gasteiger partial charge < -0.3 is 19.4 Å². The van der Waals surface area contributed by atoms with Crippen LogP contribution >= 0.6 is 11.8 Å². The van der Waals surface area contributed by atoms with Gasteiger partial charge in [0.15, 0.2) is 17.7 Å². The number of rotatable bonds is 6. The summed E-state index contributed by atoms with van der Waals surface area (Å²) in [6, 6.07) is 6.31. The average molecular weight is 622 g/mol. The predicted octanol–water partition coefficient (Wildman–Crippen LogP) is 5.00. The van der Waals surface area contributed by atoms with Crippen LogP contribution in [0.4, 0.5) is 4.39 Å². The van der Waals surface area contributed by atoms with Crippen molar-refractivity contribution in [2.24, 2.45) is 28.6 Å². The molecule has 4 aliphatic carbocycles. The second kappa shape index (κ2) is 10.7. The molecule has 2 aromatic heterocycles. The fourth-order valence-corrected chi connectivity index (χ4v) is 10.2. The number of nitrogens with zero attached hydrogens (tertiary/aromatic N) is 3. The molecule has 3 saturated carbocycles. The van der Waals surface area contributed by atoms with Crippen molar-refractivity contribution in [2.45, 2.75) is 64.1 Å². The van der Waals surface area contributed by atoms with Crippen LogP contribution in [0.25, 0.3) is 11.8 Å². The maximum Gasteiger partial charge on any atom is 0.361 e. The van der Waals surface area contributed by atoms with E-state index >= 15 is 0 Å². The summed E-state index contributed by atoms with van der Waals surface area (Å²) in [6.45, 7) is 4.07. The lowest BCUT2D eigenvalue weighted by atomic mass is 9.45. The molecule has 3 fully saturated rings. The van der Waals surface area contributed by atoms with Gasteiger partial charge in [-0.3, -0.25) is 4.79 Å². The van der Waals surface area contributed by atoms with E-state index in [4.69, 9.17) is 9.15 Å². The van der Waals surface area contributed by atoms with E-state index in [1.807, 2.05) is 17.8 Å². The number of hydrogen-bond acceptors (Lipinski definition) is 9. The summed E-state index contributed by atoms with van der Waals surface area (Å²) in [7, 11) is 0. The van der Waals surface area contributed by atoms with E-state index in [0.29, 0.717) is 25.7 Å². The zero-order valence-electron chi connectivity index (χ0n) is 24.7. The van der Waals surface area contributed by atoms with Crippen LogP contribution in [0, 0.1) is 34.4 Å². The van der Waals surface area contributed by atoms with Gasteiger partial charge in [0.25, 0.3) is 0 Å². The van der Waals surface area contributed by atoms with E-state index in [-0.39, 0.29) is 52.2 Å². The lowest BCUT2D eigenvalue weighted by molar-refractivity contribution is -0.174. The van der Waals surface area contributed by atoms with Crippen molar-refractivity contribution in [3.63, 3.8) is 0 Å². The first-order valence-electron chi connectivity index (χ1n) is 15.2. The lowest BCUT2D eigenvalue weighted by Crippen LogP contribution is -2.62. The first-order valence-corrected chi connectivity index (χ1v) is 16.2. The molecule has 9 nitrogen and oxygen atoms in total. The number of hydrogen-bond donors (Lipinski definition) is 2. The first-order chi connectivity index (χ1) is 21.1. The van der Waals surface area contributed by atoms with Crippen LogP contribution in [-0.4, -0.2) is 60.1 Å². The fourth-order valence-electron chi connectivity index (χ4n) is 9.28. The van der Waals surface area contributed by atoms with Gasteiger partial charge in [-0.1, -0.05) is 31.2 Å². The first kappa shape index (κ1) is 29.4. The molecule has 2 unspecified atom stereocenters. The second-order valence-corrected chi connectivity index (χ2v) is 14.3. The maximum absolute atomic E-state index is 13.9. The van der Waals surface area contributed by atoms with Crippen molar-refractivity contribution in [3.05, 3.63) is 71.5 Å². The van der Waals surface area contributed by atoms with E-state index in [1.54, 1.807) is 12.1 Å². The number of oxazole rings is 1. The molecule has 3 aromatic rings. The molecule has 4 aliphatic rings. The zero-order chi connectivity index (χ0) is 30.9. The van der Waals surface area contributed by atoms with Gasteiger partial charge in [0.1, 0.15) is 12.1 Å². The number of benzene rings is 1. The number of carbonyl (C=O) groups excluding carboxylic acids is 2. The molecule has 11 heteroatoms. The highest BCUT2D eigenvalue weighted by Gasteiger charge is 2.70. The molecule has 0 aliphatic heterocycles. The number of aliphatic hydroxyl groups is 2. The molecular weight excluding hydrogens is 585 g/mol. The quantitative estimate of drug-likeness (QED) is 0.366. The number of aromatic nitrogens is 3. The number of allylic oxidation sites excluding steroid dienone is 1. The van der Waals surface area contributed by atoms with Crippen LogP contribution < -0.4 is 0 Å². The maximum atomic E-state index is 13.9. The number of esters is 1. The Kier molecular flexibility index (Phi) is 7.13. The summed E-state index contributed by atoms with van der Waals surface area (Å²) in [5.74, 6) is -0.726. The summed E-state index contributed by atoms with van der Waals surface area (Å²) >= 11 is 0.977. The van der Waals surface area contributed by atoms with E-state index in [0.717, 1.165) is 47.9 Å². The summed E-state index contributed by atoms with van der Waals surface area (Å²) in [5, 5.41) is 25.9.